The Hall–Kier alpha value is -1.25. The van der Waals surface area contributed by atoms with Crippen LogP contribution < -0.4 is 0 Å². The molecule has 0 amide bonds. The monoisotopic (exact) mass is 427 g/mol. The van der Waals surface area contributed by atoms with Crippen molar-refractivity contribution in [3.05, 3.63) is 71.8 Å². The smallest absolute Gasteiger partial charge is 0.259 e. The van der Waals surface area contributed by atoms with E-state index in [1.54, 1.807) is 0 Å². The second kappa shape index (κ2) is 13.2. The fourth-order valence-electron chi connectivity index (χ4n) is 4.12. The molecule has 0 radical (unpaired) electrons. The van der Waals surface area contributed by atoms with Crippen molar-refractivity contribution in [3.63, 3.8) is 0 Å². The van der Waals surface area contributed by atoms with Crippen molar-refractivity contribution >= 4 is 8.53 Å². The van der Waals surface area contributed by atoms with Crippen molar-refractivity contribution in [2.24, 2.45) is 0 Å². The molecule has 30 heavy (non-hydrogen) atoms. The molecular formula is C26H38NO2P. The highest BCUT2D eigenvalue weighted by atomic mass is 31.2. The Balaban J connectivity index is 1.98. The molecule has 0 bridgehead atoms. The number of hydrogen-bond acceptors (Lipinski definition) is 3. The molecule has 0 unspecified atom stereocenters. The summed E-state index contributed by atoms with van der Waals surface area (Å²) in [4.78, 5) is 0. The van der Waals surface area contributed by atoms with E-state index >= 15 is 0 Å². The molecular weight excluding hydrogens is 389 g/mol. The van der Waals surface area contributed by atoms with E-state index in [0.29, 0.717) is 6.04 Å². The molecule has 2 aromatic carbocycles. The van der Waals surface area contributed by atoms with Crippen LogP contribution in [-0.2, 0) is 9.05 Å². The molecule has 0 aromatic heterocycles. The van der Waals surface area contributed by atoms with Gasteiger partial charge in [0.05, 0.1) is 19.3 Å². The van der Waals surface area contributed by atoms with Crippen LogP contribution in [-0.4, -0.2) is 23.9 Å². The van der Waals surface area contributed by atoms with Gasteiger partial charge < -0.3 is 9.05 Å². The lowest BCUT2D eigenvalue weighted by molar-refractivity contribution is 0.164. The van der Waals surface area contributed by atoms with Crippen LogP contribution in [0.25, 0.3) is 0 Å². The first-order valence-electron chi connectivity index (χ1n) is 11.8. The summed E-state index contributed by atoms with van der Waals surface area (Å²) < 4.78 is 15.6. The van der Waals surface area contributed by atoms with Crippen LogP contribution >= 0.6 is 8.53 Å². The van der Waals surface area contributed by atoms with E-state index in [1.807, 2.05) is 0 Å². The Morgan fingerprint density at radius 1 is 0.800 bits per heavy atom. The van der Waals surface area contributed by atoms with E-state index in [-0.39, 0.29) is 6.04 Å². The maximum Gasteiger partial charge on any atom is 0.259 e. The average molecular weight is 428 g/mol. The van der Waals surface area contributed by atoms with Crippen LogP contribution in [0.3, 0.4) is 0 Å². The molecule has 1 aliphatic rings. The SMILES string of the molecule is CCCCOP(OCCCC)N(C1CCCC1)C(c1ccccc1)c1ccccc1. The average Bonchev–Trinajstić information content (AvgIpc) is 3.32. The van der Waals surface area contributed by atoms with Gasteiger partial charge in [-0.3, -0.25) is 0 Å². The second-order valence-electron chi connectivity index (χ2n) is 8.15. The molecule has 1 aliphatic carbocycles. The Labute approximate surface area is 184 Å². The van der Waals surface area contributed by atoms with E-state index in [9.17, 15) is 0 Å². The van der Waals surface area contributed by atoms with Crippen LogP contribution in [0.2, 0.25) is 0 Å². The lowest BCUT2D eigenvalue weighted by atomic mass is 9.97. The Bertz CT molecular complexity index is 641. The molecule has 0 heterocycles. The van der Waals surface area contributed by atoms with E-state index in [2.05, 4.69) is 79.2 Å². The van der Waals surface area contributed by atoms with Gasteiger partial charge in [-0.1, -0.05) is 100 Å². The quantitative estimate of drug-likeness (QED) is 0.240. The topological polar surface area (TPSA) is 21.7 Å². The highest BCUT2D eigenvalue weighted by molar-refractivity contribution is 7.44. The van der Waals surface area contributed by atoms with Crippen molar-refractivity contribution < 1.29 is 9.05 Å². The minimum atomic E-state index is -1.11. The van der Waals surface area contributed by atoms with Gasteiger partial charge in [-0.25, -0.2) is 4.67 Å². The van der Waals surface area contributed by atoms with Crippen LogP contribution in [0.1, 0.15) is 82.4 Å². The molecule has 0 N–H and O–H groups in total. The Kier molecular flexibility index (Phi) is 10.3. The molecule has 2 aromatic rings. The summed E-state index contributed by atoms with van der Waals surface area (Å²) in [6.07, 6.45) is 9.48. The first-order valence-corrected chi connectivity index (χ1v) is 12.9. The summed E-state index contributed by atoms with van der Waals surface area (Å²) in [5.74, 6) is 0. The van der Waals surface area contributed by atoms with Crippen molar-refractivity contribution in [2.45, 2.75) is 77.3 Å². The number of hydrogen-bond donors (Lipinski definition) is 0. The van der Waals surface area contributed by atoms with Gasteiger partial charge in [0.1, 0.15) is 0 Å². The molecule has 1 saturated carbocycles. The van der Waals surface area contributed by atoms with Gasteiger partial charge in [0.15, 0.2) is 0 Å². The maximum absolute atomic E-state index is 6.50. The summed E-state index contributed by atoms with van der Waals surface area (Å²) in [7, 11) is -1.11. The fraction of sp³-hybridized carbons (Fsp3) is 0.538. The molecule has 0 aliphatic heterocycles. The third-order valence-corrected chi connectivity index (χ3v) is 7.52. The third-order valence-electron chi connectivity index (χ3n) is 5.78. The van der Waals surface area contributed by atoms with Crippen molar-refractivity contribution in [2.75, 3.05) is 13.2 Å². The van der Waals surface area contributed by atoms with Crippen molar-refractivity contribution in [1.29, 1.82) is 0 Å². The first-order chi connectivity index (χ1) is 14.8. The first kappa shape index (κ1) is 23.4. The maximum atomic E-state index is 6.50. The summed E-state index contributed by atoms with van der Waals surface area (Å²) in [6.45, 7) is 5.98. The van der Waals surface area contributed by atoms with Gasteiger partial charge in [0.25, 0.3) is 8.53 Å². The Morgan fingerprint density at radius 3 is 1.70 bits per heavy atom. The van der Waals surface area contributed by atoms with Gasteiger partial charge in [0, 0.05) is 6.04 Å². The van der Waals surface area contributed by atoms with Crippen molar-refractivity contribution in [1.82, 2.24) is 4.67 Å². The predicted octanol–water partition coefficient (Wildman–Crippen LogP) is 7.88. The van der Waals surface area contributed by atoms with Crippen LogP contribution in [0.15, 0.2) is 60.7 Å². The molecule has 3 rings (SSSR count). The lowest BCUT2D eigenvalue weighted by Crippen LogP contribution is -2.34. The second-order valence-corrected chi connectivity index (χ2v) is 9.61. The molecule has 1 fully saturated rings. The molecule has 0 spiro atoms. The van der Waals surface area contributed by atoms with E-state index in [4.69, 9.17) is 9.05 Å². The standard InChI is InChI=1S/C26H38NO2P/c1-3-5-21-28-30(29-22-6-4-2)27(25-19-13-14-20-25)26(23-15-9-7-10-16-23)24-17-11-8-12-18-24/h7-12,15-18,25-26H,3-6,13-14,19-22H2,1-2H3. The van der Waals surface area contributed by atoms with Gasteiger partial charge in [0.2, 0.25) is 0 Å². The zero-order chi connectivity index (χ0) is 21.0. The Morgan fingerprint density at radius 2 is 1.27 bits per heavy atom. The van der Waals surface area contributed by atoms with Crippen LogP contribution in [0.5, 0.6) is 0 Å². The van der Waals surface area contributed by atoms with Gasteiger partial charge >= 0.3 is 0 Å². The van der Waals surface area contributed by atoms with E-state index in [1.165, 1.54) is 36.8 Å². The summed E-state index contributed by atoms with van der Waals surface area (Å²) in [5.41, 5.74) is 2.64. The lowest BCUT2D eigenvalue weighted by Gasteiger charge is -2.40. The number of rotatable bonds is 13. The largest absolute Gasteiger partial charge is 0.322 e. The van der Waals surface area contributed by atoms with Gasteiger partial charge in [-0.05, 0) is 36.8 Å². The predicted molar refractivity (Wildman–Crippen MR) is 127 cm³/mol. The van der Waals surface area contributed by atoms with Gasteiger partial charge in [-0.15, -0.1) is 0 Å². The van der Waals surface area contributed by atoms with Gasteiger partial charge in [-0.2, -0.15) is 0 Å². The van der Waals surface area contributed by atoms with Crippen LogP contribution in [0, 0.1) is 0 Å². The minimum absolute atomic E-state index is 0.157. The molecule has 0 saturated heterocycles. The number of nitrogens with zero attached hydrogens (tertiary/aromatic N) is 1. The molecule has 4 heteroatoms. The molecule has 3 nitrogen and oxygen atoms in total. The number of benzene rings is 2. The summed E-state index contributed by atoms with van der Waals surface area (Å²) in [6, 6.07) is 22.5. The zero-order valence-electron chi connectivity index (χ0n) is 18.7. The third kappa shape index (κ3) is 6.62. The van der Waals surface area contributed by atoms with E-state index < -0.39 is 8.53 Å². The number of unbranched alkanes of at least 4 members (excludes halogenated alkanes) is 2. The molecule has 0 atom stereocenters. The highest BCUT2D eigenvalue weighted by Gasteiger charge is 2.38. The van der Waals surface area contributed by atoms with E-state index in [0.717, 1.165) is 38.9 Å². The summed E-state index contributed by atoms with van der Waals surface area (Å²) >= 11 is 0. The fourth-order valence-corrected chi connectivity index (χ4v) is 5.98. The summed E-state index contributed by atoms with van der Waals surface area (Å²) in [5, 5.41) is 0. The van der Waals surface area contributed by atoms with Crippen LogP contribution in [0.4, 0.5) is 0 Å². The normalized spacial score (nSPS) is 15.0. The minimum Gasteiger partial charge on any atom is -0.322 e. The van der Waals surface area contributed by atoms with Crippen molar-refractivity contribution in [3.8, 4) is 0 Å². The molecule has 164 valence electrons. The highest BCUT2D eigenvalue weighted by Crippen LogP contribution is 2.54. The zero-order valence-corrected chi connectivity index (χ0v) is 19.6.